The highest BCUT2D eigenvalue weighted by Gasteiger charge is 2.06. The highest BCUT2D eigenvalue weighted by atomic mass is 79.9. The van der Waals surface area contributed by atoms with Gasteiger partial charge in [-0.15, -0.1) is 11.3 Å². The number of hydrogen-bond acceptors (Lipinski definition) is 4. The molecular formula is C12H13BrN4OS. The quantitative estimate of drug-likeness (QED) is 0.898. The SMILES string of the molecule is Cc1cc(Br)c(CNC(=O)NCc2cnccn2)s1. The lowest BCUT2D eigenvalue weighted by Gasteiger charge is -2.06. The number of aryl methyl sites for hydroxylation is 1. The predicted molar refractivity (Wildman–Crippen MR) is 77.9 cm³/mol. The Morgan fingerprint density at radius 3 is 2.79 bits per heavy atom. The maximum atomic E-state index is 11.6. The molecule has 7 heteroatoms. The van der Waals surface area contributed by atoms with Gasteiger partial charge in [-0.2, -0.15) is 0 Å². The number of carbonyl (C=O) groups is 1. The van der Waals surface area contributed by atoms with E-state index in [9.17, 15) is 4.79 Å². The summed E-state index contributed by atoms with van der Waals surface area (Å²) in [5.74, 6) is 0. The molecule has 0 fully saturated rings. The van der Waals surface area contributed by atoms with Crippen LogP contribution in [0.1, 0.15) is 15.4 Å². The van der Waals surface area contributed by atoms with Crippen LogP contribution in [0.4, 0.5) is 4.79 Å². The van der Waals surface area contributed by atoms with Crippen LogP contribution in [0, 0.1) is 6.92 Å². The largest absolute Gasteiger partial charge is 0.333 e. The summed E-state index contributed by atoms with van der Waals surface area (Å²) in [6.45, 7) is 2.91. The van der Waals surface area contributed by atoms with Crippen molar-refractivity contribution >= 4 is 33.3 Å². The van der Waals surface area contributed by atoms with E-state index in [-0.39, 0.29) is 6.03 Å². The number of urea groups is 1. The molecule has 2 rings (SSSR count). The average molecular weight is 341 g/mol. The zero-order valence-corrected chi connectivity index (χ0v) is 12.7. The van der Waals surface area contributed by atoms with Gasteiger partial charge in [-0.1, -0.05) is 0 Å². The number of carbonyl (C=O) groups excluding carboxylic acids is 1. The van der Waals surface area contributed by atoms with Gasteiger partial charge in [0.2, 0.25) is 0 Å². The minimum Gasteiger partial charge on any atom is -0.333 e. The molecule has 2 N–H and O–H groups in total. The standard InChI is InChI=1S/C12H13BrN4OS/c1-8-4-10(13)11(19-8)7-17-12(18)16-6-9-5-14-2-3-15-9/h2-5H,6-7H2,1H3,(H2,16,17,18). The molecule has 0 aliphatic rings. The molecule has 2 aromatic rings. The summed E-state index contributed by atoms with van der Waals surface area (Å²) in [5.41, 5.74) is 0.728. The molecule has 0 aliphatic heterocycles. The molecule has 2 aromatic heterocycles. The lowest BCUT2D eigenvalue weighted by molar-refractivity contribution is 0.240. The van der Waals surface area contributed by atoms with Crippen LogP contribution in [0.25, 0.3) is 0 Å². The first kappa shape index (κ1) is 14.0. The minimum atomic E-state index is -0.219. The minimum absolute atomic E-state index is 0.219. The van der Waals surface area contributed by atoms with Crippen molar-refractivity contribution in [3.63, 3.8) is 0 Å². The maximum Gasteiger partial charge on any atom is 0.315 e. The number of hydrogen-bond donors (Lipinski definition) is 2. The molecule has 2 heterocycles. The second-order valence-corrected chi connectivity index (χ2v) is 6.06. The van der Waals surface area contributed by atoms with E-state index in [1.54, 1.807) is 29.9 Å². The Bertz CT molecular complexity index is 558. The van der Waals surface area contributed by atoms with Gasteiger partial charge in [0.15, 0.2) is 0 Å². The smallest absolute Gasteiger partial charge is 0.315 e. The lowest BCUT2D eigenvalue weighted by atomic mass is 10.4. The van der Waals surface area contributed by atoms with Gasteiger partial charge in [0.25, 0.3) is 0 Å². The van der Waals surface area contributed by atoms with E-state index < -0.39 is 0 Å². The first-order valence-corrected chi connectivity index (χ1v) is 7.27. The van der Waals surface area contributed by atoms with Crippen molar-refractivity contribution in [2.45, 2.75) is 20.0 Å². The second kappa shape index (κ2) is 6.63. The third-order valence-electron chi connectivity index (χ3n) is 2.34. The molecule has 0 atom stereocenters. The summed E-state index contributed by atoms with van der Waals surface area (Å²) in [6.07, 6.45) is 4.82. The average Bonchev–Trinajstić information content (AvgIpc) is 2.73. The molecule has 100 valence electrons. The van der Waals surface area contributed by atoms with Gasteiger partial charge in [-0.05, 0) is 28.9 Å². The highest BCUT2D eigenvalue weighted by molar-refractivity contribution is 9.10. The van der Waals surface area contributed by atoms with Crippen LogP contribution in [-0.2, 0) is 13.1 Å². The van der Waals surface area contributed by atoms with E-state index in [1.807, 2.05) is 13.0 Å². The van der Waals surface area contributed by atoms with Gasteiger partial charge in [0, 0.05) is 26.6 Å². The molecule has 19 heavy (non-hydrogen) atoms. The summed E-state index contributed by atoms with van der Waals surface area (Å²) in [6, 6.07) is 1.82. The van der Waals surface area contributed by atoms with Crippen molar-refractivity contribution < 1.29 is 4.79 Å². The summed E-state index contributed by atoms with van der Waals surface area (Å²) in [5, 5.41) is 5.54. The van der Waals surface area contributed by atoms with Crippen LogP contribution in [-0.4, -0.2) is 16.0 Å². The third-order valence-corrected chi connectivity index (χ3v) is 4.36. The third kappa shape index (κ3) is 4.29. The van der Waals surface area contributed by atoms with Crippen LogP contribution in [0.3, 0.4) is 0 Å². The highest BCUT2D eigenvalue weighted by Crippen LogP contribution is 2.26. The Morgan fingerprint density at radius 2 is 2.16 bits per heavy atom. The van der Waals surface area contributed by atoms with Crippen molar-refractivity contribution in [2.24, 2.45) is 0 Å². The van der Waals surface area contributed by atoms with Gasteiger partial charge in [0.1, 0.15) is 0 Å². The Labute approximate surface area is 123 Å². The van der Waals surface area contributed by atoms with Crippen LogP contribution >= 0.6 is 27.3 Å². The van der Waals surface area contributed by atoms with E-state index in [0.717, 1.165) is 15.0 Å². The van der Waals surface area contributed by atoms with Gasteiger partial charge in [-0.25, -0.2) is 4.79 Å². The van der Waals surface area contributed by atoms with Crippen molar-refractivity contribution in [2.75, 3.05) is 0 Å². The number of amides is 2. The Hall–Kier alpha value is -1.47. The molecule has 0 radical (unpaired) electrons. The molecule has 0 saturated heterocycles. The van der Waals surface area contributed by atoms with E-state index in [2.05, 4.69) is 36.5 Å². The normalized spacial score (nSPS) is 10.2. The predicted octanol–water partition coefficient (Wildman–Crippen LogP) is 2.61. The van der Waals surface area contributed by atoms with Crippen molar-refractivity contribution in [3.8, 4) is 0 Å². The molecule has 5 nitrogen and oxygen atoms in total. The molecule has 0 aliphatic carbocycles. The molecule has 0 unspecified atom stereocenters. The van der Waals surface area contributed by atoms with Gasteiger partial charge in [-0.3, -0.25) is 9.97 Å². The van der Waals surface area contributed by atoms with Crippen LogP contribution in [0.2, 0.25) is 0 Å². The maximum absolute atomic E-state index is 11.6. The first-order valence-electron chi connectivity index (χ1n) is 5.66. The van der Waals surface area contributed by atoms with E-state index in [1.165, 1.54) is 4.88 Å². The molecule has 0 aromatic carbocycles. The summed E-state index contributed by atoms with van der Waals surface area (Å²) in [4.78, 5) is 22.0. The fraction of sp³-hybridized carbons (Fsp3) is 0.250. The number of halogens is 1. The molecular weight excluding hydrogens is 328 g/mol. The van der Waals surface area contributed by atoms with Crippen molar-refractivity contribution in [1.82, 2.24) is 20.6 Å². The van der Waals surface area contributed by atoms with Crippen LogP contribution < -0.4 is 10.6 Å². The van der Waals surface area contributed by atoms with Crippen molar-refractivity contribution in [1.29, 1.82) is 0 Å². The zero-order valence-electron chi connectivity index (χ0n) is 10.3. The van der Waals surface area contributed by atoms with Crippen molar-refractivity contribution in [3.05, 3.63) is 44.6 Å². The molecule has 0 saturated carbocycles. The van der Waals surface area contributed by atoms with E-state index in [4.69, 9.17) is 0 Å². The Balaban J connectivity index is 1.77. The monoisotopic (exact) mass is 340 g/mol. The summed E-state index contributed by atoms with van der Waals surface area (Å²) < 4.78 is 1.03. The molecule has 0 bridgehead atoms. The van der Waals surface area contributed by atoms with Crippen LogP contribution in [0.15, 0.2) is 29.1 Å². The number of rotatable bonds is 4. The molecule has 2 amide bonds. The topological polar surface area (TPSA) is 66.9 Å². The number of aromatic nitrogens is 2. The second-order valence-electron chi connectivity index (χ2n) is 3.86. The number of nitrogens with one attached hydrogen (secondary N) is 2. The first-order chi connectivity index (χ1) is 9.15. The summed E-state index contributed by atoms with van der Waals surface area (Å²) in [7, 11) is 0. The van der Waals surface area contributed by atoms with Crippen LogP contribution in [0.5, 0.6) is 0 Å². The van der Waals surface area contributed by atoms with E-state index >= 15 is 0 Å². The van der Waals surface area contributed by atoms with Gasteiger partial charge >= 0.3 is 6.03 Å². The summed E-state index contributed by atoms with van der Waals surface area (Å²) >= 11 is 5.12. The zero-order chi connectivity index (χ0) is 13.7. The molecule has 0 spiro atoms. The van der Waals surface area contributed by atoms with Gasteiger partial charge < -0.3 is 10.6 Å². The fourth-order valence-corrected chi connectivity index (χ4v) is 3.21. The number of nitrogens with zero attached hydrogens (tertiary/aromatic N) is 2. The lowest BCUT2D eigenvalue weighted by Crippen LogP contribution is -2.34. The Morgan fingerprint density at radius 1 is 1.37 bits per heavy atom. The van der Waals surface area contributed by atoms with E-state index in [0.29, 0.717) is 13.1 Å². The van der Waals surface area contributed by atoms with Gasteiger partial charge in [0.05, 0.1) is 25.0 Å². The fourth-order valence-electron chi connectivity index (χ4n) is 1.47. The number of thiophene rings is 1. The Kier molecular flexibility index (Phi) is 4.86.